The number of carbonyl (C=O) groups excluding carboxylic acids is 1. The van der Waals surface area contributed by atoms with Gasteiger partial charge in [-0.15, -0.1) is 0 Å². The zero-order chi connectivity index (χ0) is 15.6. The molecule has 0 atom stereocenters. The Morgan fingerprint density at radius 1 is 0.952 bits per heavy atom. The second-order valence-electron chi connectivity index (χ2n) is 4.41. The largest absolute Gasteiger partial charge is 0.417 e. The molecule has 0 saturated heterocycles. The van der Waals surface area contributed by atoms with Gasteiger partial charge in [0.1, 0.15) is 0 Å². The highest BCUT2D eigenvalue weighted by Crippen LogP contribution is 2.34. The molecule has 0 amide bonds. The fraction of sp³-hybridized carbons (Fsp3) is 0.133. The van der Waals surface area contributed by atoms with Gasteiger partial charge in [-0.1, -0.05) is 44.0 Å². The summed E-state index contributed by atoms with van der Waals surface area (Å²) in [7, 11) is 0. The van der Waals surface area contributed by atoms with E-state index in [9.17, 15) is 18.0 Å². The van der Waals surface area contributed by atoms with Gasteiger partial charge in [0, 0.05) is 20.9 Å². The quantitative estimate of drug-likeness (QED) is 0.584. The normalized spacial score (nSPS) is 11.5. The van der Waals surface area contributed by atoms with Crippen molar-refractivity contribution >= 4 is 37.6 Å². The minimum atomic E-state index is -4.56. The lowest BCUT2D eigenvalue weighted by atomic mass is 9.98. The van der Waals surface area contributed by atoms with Crippen LogP contribution in [0.25, 0.3) is 0 Å². The van der Waals surface area contributed by atoms with Crippen molar-refractivity contribution in [3.63, 3.8) is 0 Å². The van der Waals surface area contributed by atoms with E-state index in [1.165, 1.54) is 12.1 Å². The minimum absolute atomic E-state index is 0.0714. The molecule has 0 aromatic heterocycles. The van der Waals surface area contributed by atoms with Gasteiger partial charge in [-0.2, -0.15) is 13.2 Å². The smallest absolute Gasteiger partial charge is 0.294 e. The van der Waals surface area contributed by atoms with E-state index in [-0.39, 0.29) is 16.5 Å². The lowest BCUT2D eigenvalue weighted by Crippen LogP contribution is -2.14. The molecule has 2 aromatic rings. The highest BCUT2D eigenvalue weighted by atomic mass is 79.9. The molecule has 0 N–H and O–H groups in total. The number of halogens is 5. The van der Waals surface area contributed by atoms with Crippen molar-refractivity contribution in [2.45, 2.75) is 12.6 Å². The van der Waals surface area contributed by atoms with Crippen LogP contribution in [-0.2, 0) is 12.6 Å². The summed E-state index contributed by atoms with van der Waals surface area (Å²) in [5.74, 6) is -0.558. The molecular weight excluding hydrogens is 413 g/mol. The molecule has 1 nitrogen and oxygen atoms in total. The Labute approximate surface area is 136 Å². The molecular formula is C15H9Br2F3O. The minimum Gasteiger partial charge on any atom is -0.294 e. The molecule has 0 saturated carbocycles. The third-order valence-electron chi connectivity index (χ3n) is 2.87. The Morgan fingerprint density at radius 2 is 1.52 bits per heavy atom. The Kier molecular flexibility index (Phi) is 4.88. The van der Waals surface area contributed by atoms with E-state index in [1.54, 1.807) is 24.3 Å². The maximum Gasteiger partial charge on any atom is 0.417 e. The summed E-state index contributed by atoms with van der Waals surface area (Å²) in [4.78, 5) is 12.2. The summed E-state index contributed by atoms with van der Waals surface area (Å²) >= 11 is 6.26. The van der Waals surface area contributed by atoms with E-state index in [4.69, 9.17) is 0 Å². The van der Waals surface area contributed by atoms with E-state index < -0.39 is 17.5 Å². The summed E-state index contributed by atoms with van der Waals surface area (Å²) in [6.45, 7) is 0. The predicted molar refractivity (Wildman–Crippen MR) is 81.3 cm³/mol. The van der Waals surface area contributed by atoms with Crippen LogP contribution in [-0.4, -0.2) is 5.78 Å². The molecule has 0 unspecified atom stereocenters. The maximum absolute atomic E-state index is 13.0. The van der Waals surface area contributed by atoms with E-state index in [1.807, 2.05) is 0 Å². The lowest BCUT2D eigenvalue weighted by Gasteiger charge is -2.12. The SMILES string of the molecule is O=C(Cc1ccc(Br)cc1)c1ccc(Br)cc1C(F)(F)F. The van der Waals surface area contributed by atoms with Gasteiger partial charge in [0.15, 0.2) is 5.78 Å². The molecule has 0 spiro atoms. The van der Waals surface area contributed by atoms with E-state index in [0.29, 0.717) is 5.56 Å². The summed E-state index contributed by atoms with van der Waals surface area (Å²) in [5.41, 5.74) is -0.563. The number of benzene rings is 2. The molecule has 110 valence electrons. The van der Waals surface area contributed by atoms with Crippen LogP contribution in [0.4, 0.5) is 13.2 Å². The van der Waals surface area contributed by atoms with Gasteiger partial charge in [-0.25, -0.2) is 0 Å². The number of ketones is 1. The Bertz CT molecular complexity index is 664. The molecule has 0 aliphatic rings. The van der Waals surface area contributed by atoms with Gasteiger partial charge in [-0.3, -0.25) is 4.79 Å². The molecule has 0 aliphatic heterocycles. The van der Waals surface area contributed by atoms with Crippen molar-refractivity contribution in [3.05, 3.63) is 68.1 Å². The average molecular weight is 422 g/mol. The van der Waals surface area contributed by atoms with Crippen molar-refractivity contribution in [2.75, 3.05) is 0 Å². The monoisotopic (exact) mass is 420 g/mol. The number of hydrogen-bond donors (Lipinski definition) is 0. The Hall–Kier alpha value is -1.14. The number of alkyl halides is 3. The fourth-order valence-electron chi connectivity index (χ4n) is 1.88. The topological polar surface area (TPSA) is 17.1 Å². The number of hydrogen-bond acceptors (Lipinski definition) is 1. The van der Waals surface area contributed by atoms with Crippen LogP contribution in [0.5, 0.6) is 0 Å². The van der Waals surface area contributed by atoms with E-state index >= 15 is 0 Å². The first kappa shape index (κ1) is 16.2. The molecule has 0 aliphatic carbocycles. The third kappa shape index (κ3) is 4.17. The summed E-state index contributed by atoms with van der Waals surface area (Å²) in [6, 6.07) is 10.5. The van der Waals surface area contributed by atoms with Crippen LogP contribution >= 0.6 is 31.9 Å². The van der Waals surface area contributed by atoms with Crippen LogP contribution in [0.1, 0.15) is 21.5 Å². The maximum atomic E-state index is 13.0. The van der Waals surface area contributed by atoms with Crippen molar-refractivity contribution in [2.24, 2.45) is 0 Å². The second-order valence-corrected chi connectivity index (χ2v) is 6.25. The highest BCUT2D eigenvalue weighted by Gasteiger charge is 2.35. The lowest BCUT2D eigenvalue weighted by molar-refractivity contribution is -0.138. The van der Waals surface area contributed by atoms with Crippen LogP contribution in [0.2, 0.25) is 0 Å². The third-order valence-corrected chi connectivity index (χ3v) is 3.89. The first-order valence-corrected chi connectivity index (χ1v) is 7.50. The number of rotatable bonds is 3. The number of Topliss-reactive ketones (excluding diaryl/α,β-unsaturated/α-hetero) is 1. The zero-order valence-electron chi connectivity index (χ0n) is 10.5. The van der Waals surface area contributed by atoms with Gasteiger partial charge in [0.2, 0.25) is 0 Å². The standard InChI is InChI=1S/C15H9Br2F3O/c16-10-3-1-9(2-4-10)7-14(21)12-6-5-11(17)8-13(12)15(18,19)20/h1-6,8H,7H2. The van der Waals surface area contributed by atoms with E-state index in [2.05, 4.69) is 31.9 Å². The van der Waals surface area contributed by atoms with Crippen molar-refractivity contribution in [1.82, 2.24) is 0 Å². The second kappa shape index (κ2) is 6.32. The molecule has 0 bridgehead atoms. The first-order chi connectivity index (χ1) is 9.77. The summed E-state index contributed by atoms with van der Waals surface area (Å²) < 4.78 is 40.1. The Morgan fingerprint density at radius 3 is 2.10 bits per heavy atom. The van der Waals surface area contributed by atoms with Crippen LogP contribution in [0, 0.1) is 0 Å². The highest BCUT2D eigenvalue weighted by molar-refractivity contribution is 9.10. The molecule has 0 fully saturated rings. The van der Waals surface area contributed by atoms with Crippen LogP contribution < -0.4 is 0 Å². The molecule has 21 heavy (non-hydrogen) atoms. The summed E-state index contributed by atoms with van der Waals surface area (Å²) in [6.07, 6.45) is -4.63. The zero-order valence-corrected chi connectivity index (χ0v) is 13.7. The first-order valence-electron chi connectivity index (χ1n) is 5.92. The van der Waals surface area contributed by atoms with Crippen LogP contribution in [0.15, 0.2) is 51.4 Å². The predicted octanol–water partition coefficient (Wildman–Crippen LogP) is 5.66. The fourth-order valence-corrected chi connectivity index (χ4v) is 2.50. The van der Waals surface area contributed by atoms with Gasteiger partial charge in [0.25, 0.3) is 0 Å². The van der Waals surface area contributed by atoms with Crippen molar-refractivity contribution < 1.29 is 18.0 Å². The number of carbonyl (C=O) groups is 1. The molecule has 0 radical (unpaired) electrons. The molecule has 2 aromatic carbocycles. The molecule has 6 heteroatoms. The van der Waals surface area contributed by atoms with E-state index in [0.717, 1.165) is 10.5 Å². The van der Waals surface area contributed by atoms with Crippen LogP contribution in [0.3, 0.4) is 0 Å². The summed E-state index contributed by atoms with van der Waals surface area (Å²) in [5, 5.41) is 0. The Balaban J connectivity index is 2.33. The average Bonchev–Trinajstić information content (AvgIpc) is 2.40. The van der Waals surface area contributed by atoms with Gasteiger partial charge in [0.05, 0.1) is 5.56 Å². The van der Waals surface area contributed by atoms with Crippen molar-refractivity contribution in [3.8, 4) is 0 Å². The van der Waals surface area contributed by atoms with Gasteiger partial charge < -0.3 is 0 Å². The van der Waals surface area contributed by atoms with Gasteiger partial charge >= 0.3 is 6.18 Å². The molecule has 2 rings (SSSR count). The van der Waals surface area contributed by atoms with Crippen molar-refractivity contribution in [1.29, 1.82) is 0 Å². The van der Waals surface area contributed by atoms with Gasteiger partial charge in [-0.05, 0) is 35.9 Å². The molecule has 0 heterocycles.